The molecular formula is C20H25FN2O4S. The summed E-state index contributed by atoms with van der Waals surface area (Å²) in [5.41, 5.74) is 1.20. The van der Waals surface area contributed by atoms with E-state index in [9.17, 15) is 17.6 Å². The van der Waals surface area contributed by atoms with Gasteiger partial charge in [-0.2, -0.15) is 8.42 Å². The van der Waals surface area contributed by atoms with Crippen molar-refractivity contribution in [3.8, 4) is 5.75 Å². The Morgan fingerprint density at radius 1 is 1.18 bits per heavy atom. The lowest BCUT2D eigenvalue weighted by Crippen LogP contribution is -2.35. The van der Waals surface area contributed by atoms with Crippen LogP contribution >= 0.6 is 0 Å². The Balaban J connectivity index is 2.10. The zero-order chi connectivity index (χ0) is 20.7. The standard InChI is InChI=1S/C20H25FN2O4S/c1-15(2)11-12-23(20(24)22-18-6-4-5-17(21)13-18)14-16-7-9-19(10-8-16)27-28(3,25)26/h4-10,13,15H,11-12,14H2,1-3H3,(H,22,24). The number of carbonyl (C=O) groups excluding carboxylic acids is 1. The van der Waals surface area contributed by atoms with E-state index in [0.29, 0.717) is 24.7 Å². The summed E-state index contributed by atoms with van der Waals surface area (Å²) < 4.78 is 40.6. The van der Waals surface area contributed by atoms with E-state index >= 15 is 0 Å². The van der Waals surface area contributed by atoms with E-state index in [2.05, 4.69) is 19.2 Å². The first-order valence-electron chi connectivity index (χ1n) is 8.92. The number of urea groups is 1. The van der Waals surface area contributed by atoms with E-state index < -0.39 is 15.9 Å². The second-order valence-corrected chi connectivity index (χ2v) is 8.55. The third-order valence-electron chi connectivity index (χ3n) is 3.88. The predicted octanol–water partition coefficient (Wildman–Crippen LogP) is 4.24. The highest BCUT2D eigenvalue weighted by molar-refractivity contribution is 7.86. The minimum absolute atomic E-state index is 0.212. The van der Waals surface area contributed by atoms with Crippen LogP contribution in [0, 0.1) is 11.7 Å². The summed E-state index contributed by atoms with van der Waals surface area (Å²) in [6, 6.07) is 11.9. The van der Waals surface area contributed by atoms with Gasteiger partial charge < -0.3 is 14.4 Å². The van der Waals surface area contributed by atoms with Gasteiger partial charge in [0.2, 0.25) is 0 Å². The van der Waals surface area contributed by atoms with Crippen molar-refractivity contribution in [2.24, 2.45) is 5.92 Å². The summed E-state index contributed by atoms with van der Waals surface area (Å²) in [6.45, 7) is 4.99. The van der Waals surface area contributed by atoms with Gasteiger partial charge in [0.1, 0.15) is 11.6 Å². The van der Waals surface area contributed by atoms with Crippen molar-refractivity contribution in [1.82, 2.24) is 4.90 Å². The molecule has 0 heterocycles. The number of nitrogens with one attached hydrogen (secondary N) is 1. The molecule has 2 amide bonds. The van der Waals surface area contributed by atoms with Gasteiger partial charge in [0, 0.05) is 18.8 Å². The lowest BCUT2D eigenvalue weighted by molar-refractivity contribution is 0.205. The number of anilines is 1. The molecule has 6 nitrogen and oxygen atoms in total. The summed E-state index contributed by atoms with van der Waals surface area (Å²) in [6.07, 6.45) is 1.79. The average Bonchev–Trinajstić information content (AvgIpc) is 2.58. The number of nitrogens with zero attached hydrogens (tertiary/aromatic N) is 1. The van der Waals surface area contributed by atoms with E-state index in [0.717, 1.165) is 18.2 Å². The monoisotopic (exact) mass is 408 g/mol. The largest absolute Gasteiger partial charge is 0.383 e. The summed E-state index contributed by atoms with van der Waals surface area (Å²) in [5, 5.41) is 2.71. The van der Waals surface area contributed by atoms with Gasteiger partial charge in [-0.1, -0.05) is 32.0 Å². The van der Waals surface area contributed by atoms with Crippen LogP contribution in [0.1, 0.15) is 25.8 Å². The van der Waals surface area contributed by atoms with Crippen LogP contribution < -0.4 is 9.50 Å². The molecule has 0 aliphatic rings. The number of carbonyl (C=O) groups is 1. The van der Waals surface area contributed by atoms with Crippen molar-refractivity contribution >= 4 is 21.8 Å². The number of halogens is 1. The van der Waals surface area contributed by atoms with Crippen LogP contribution in [0.25, 0.3) is 0 Å². The van der Waals surface area contributed by atoms with Crippen LogP contribution in [0.2, 0.25) is 0 Å². The maximum Gasteiger partial charge on any atom is 0.322 e. The van der Waals surface area contributed by atoms with Gasteiger partial charge in [0.15, 0.2) is 0 Å². The molecule has 0 spiro atoms. The maximum atomic E-state index is 13.4. The van der Waals surface area contributed by atoms with Gasteiger partial charge >= 0.3 is 16.1 Å². The van der Waals surface area contributed by atoms with Crippen LogP contribution in [0.15, 0.2) is 48.5 Å². The first kappa shape index (κ1) is 21.7. The molecule has 0 saturated heterocycles. The highest BCUT2D eigenvalue weighted by Crippen LogP contribution is 2.17. The molecule has 28 heavy (non-hydrogen) atoms. The SMILES string of the molecule is CC(C)CCN(Cc1ccc(OS(C)(=O)=O)cc1)C(=O)Nc1cccc(F)c1. The smallest absolute Gasteiger partial charge is 0.322 e. The minimum Gasteiger partial charge on any atom is -0.383 e. The van der Waals surface area contributed by atoms with Gasteiger partial charge in [0.25, 0.3) is 0 Å². The van der Waals surface area contributed by atoms with Gasteiger partial charge in [-0.15, -0.1) is 0 Å². The van der Waals surface area contributed by atoms with Crippen LogP contribution in [-0.2, 0) is 16.7 Å². The quantitative estimate of drug-likeness (QED) is 0.663. The Hall–Kier alpha value is -2.61. The lowest BCUT2D eigenvalue weighted by Gasteiger charge is -2.24. The van der Waals surface area contributed by atoms with Crippen molar-refractivity contribution < 1.29 is 21.8 Å². The molecule has 0 bridgehead atoms. The fourth-order valence-corrected chi connectivity index (χ4v) is 2.94. The topological polar surface area (TPSA) is 75.7 Å². The summed E-state index contributed by atoms with van der Waals surface area (Å²) >= 11 is 0. The fourth-order valence-electron chi connectivity index (χ4n) is 2.48. The van der Waals surface area contributed by atoms with E-state index in [1.54, 1.807) is 35.2 Å². The number of hydrogen-bond acceptors (Lipinski definition) is 4. The number of amides is 2. The van der Waals surface area contributed by atoms with Gasteiger partial charge in [-0.05, 0) is 48.2 Å². The fraction of sp³-hybridized carbons (Fsp3) is 0.350. The van der Waals surface area contributed by atoms with E-state index in [1.165, 1.54) is 18.2 Å². The van der Waals surface area contributed by atoms with Crippen molar-refractivity contribution in [3.63, 3.8) is 0 Å². The first-order valence-corrected chi connectivity index (χ1v) is 10.7. The number of hydrogen-bond donors (Lipinski definition) is 1. The second kappa shape index (κ2) is 9.54. The molecule has 152 valence electrons. The van der Waals surface area contributed by atoms with E-state index in [-0.39, 0.29) is 11.8 Å². The molecule has 0 fully saturated rings. The molecule has 0 radical (unpaired) electrons. The van der Waals surface area contributed by atoms with E-state index in [4.69, 9.17) is 4.18 Å². The molecule has 0 saturated carbocycles. The lowest BCUT2D eigenvalue weighted by atomic mass is 10.1. The average molecular weight is 408 g/mol. The molecule has 8 heteroatoms. The Labute approximate surface area is 165 Å². The predicted molar refractivity (Wildman–Crippen MR) is 107 cm³/mol. The molecule has 2 aromatic rings. The second-order valence-electron chi connectivity index (χ2n) is 6.98. The third kappa shape index (κ3) is 7.56. The molecule has 0 aliphatic heterocycles. The van der Waals surface area contributed by atoms with Gasteiger partial charge in [0.05, 0.1) is 6.26 Å². The van der Waals surface area contributed by atoms with Gasteiger partial charge in [-0.3, -0.25) is 0 Å². The highest BCUT2D eigenvalue weighted by Gasteiger charge is 2.15. The molecule has 0 aromatic heterocycles. The normalized spacial score (nSPS) is 11.3. The first-order chi connectivity index (χ1) is 13.1. The summed E-state index contributed by atoms with van der Waals surface area (Å²) in [7, 11) is -3.59. The highest BCUT2D eigenvalue weighted by atomic mass is 32.2. The van der Waals surface area contributed by atoms with Crippen LogP contribution in [0.3, 0.4) is 0 Å². The molecule has 0 aliphatic carbocycles. The Morgan fingerprint density at radius 3 is 2.43 bits per heavy atom. The number of rotatable bonds is 8. The molecule has 2 aromatic carbocycles. The Morgan fingerprint density at radius 2 is 1.86 bits per heavy atom. The summed E-state index contributed by atoms with van der Waals surface area (Å²) in [5.74, 6) is 0.201. The third-order valence-corrected chi connectivity index (χ3v) is 4.38. The molecule has 0 atom stereocenters. The van der Waals surface area contributed by atoms with Crippen LogP contribution in [-0.4, -0.2) is 32.1 Å². The number of benzene rings is 2. The van der Waals surface area contributed by atoms with Crippen molar-refractivity contribution in [2.75, 3.05) is 18.1 Å². The van der Waals surface area contributed by atoms with Crippen LogP contribution in [0.4, 0.5) is 14.9 Å². The molecule has 0 unspecified atom stereocenters. The van der Waals surface area contributed by atoms with Crippen molar-refractivity contribution in [3.05, 3.63) is 59.9 Å². The Bertz CT molecular complexity index is 899. The van der Waals surface area contributed by atoms with Gasteiger partial charge in [-0.25, -0.2) is 9.18 Å². The van der Waals surface area contributed by atoms with Crippen molar-refractivity contribution in [1.29, 1.82) is 0 Å². The Kier molecular flexibility index (Phi) is 7.39. The van der Waals surface area contributed by atoms with Crippen molar-refractivity contribution in [2.45, 2.75) is 26.8 Å². The zero-order valence-corrected chi connectivity index (χ0v) is 17.0. The minimum atomic E-state index is -3.59. The van der Waals surface area contributed by atoms with Crippen LogP contribution in [0.5, 0.6) is 5.75 Å². The zero-order valence-electron chi connectivity index (χ0n) is 16.2. The molecular weight excluding hydrogens is 383 g/mol. The molecule has 1 N–H and O–H groups in total. The molecule has 2 rings (SSSR count). The summed E-state index contributed by atoms with van der Waals surface area (Å²) in [4.78, 5) is 14.3. The van der Waals surface area contributed by atoms with E-state index in [1.807, 2.05) is 0 Å². The maximum absolute atomic E-state index is 13.4.